The van der Waals surface area contributed by atoms with E-state index in [9.17, 15) is 4.79 Å². The summed E-state index contributed by atoms with van der Waals surface area (Å²) in [4.78, 5) is 14.2. The third kappa shape index (κ3) is 7.04. The molecule has 1 aliphatic rings. The van der Waals surface area contributed by atoms with Crippen LogP contribution in [-0.4, -0.2) is 57.1 Å². The lowest BCUT2D eigenvalue weighted by Crippen LogP contribution is -2.36. The van der Waals surface area contributed by atoms with Crippen molar-refractivity contribution in [1.29, 1.82) is 0 Å². The first-order chi connectivity index (χ1) is 17.2. The molecule has 3 aromatic carbocycles. The van der Waals surface area contributed by atoms with Crippen LogP contribution in [0.4, 0.5) is 0 Å². The van der Waals surface area contributed by atoms with Crippen LogP contribution in [0.25, 0.3) is 10.8 Å². The second-order valence-electron chi connectivity index (χ2n) is 8.97. The topological polar surface area (TPSA) is 60.0 Å². The van der Waals surface area contributed by atoms with Crippen LogP contribution in [0.3, 0.4) is 0 Å². The minimum absolute atomic E-state index is 0.0254. The highest BCUT2D eigenvalue weighted by atomic mass is 16.7. The summed E-state index contributed by atoms with van der Waals surface area (Å²) < 4.78 is 17.9. The molecule has 1 aliphatic heterocycles. The van der Waals surface area contributed by atoms with Gasteiger partial charge in [0.15, 0.2) is 6.29 Å². The van der Waals surface area contributed by atoms with Gasteiger partial charge >= 0.3 is 0 Å². The second kappa shape index (κ2) is 12.7. The number of carbonyl (C=O) groups excluding carboxylic acids is 1. The van der Waals surface area contributed by atoms with Gasteiger partial charge < -0.3 is 19.5 Å². The van der Waals surface area contributed by atoms with Gasteiger partial charge in [-0.15, -0.1) is 0 Å². The molecule has 3 aromatic rings. The Bertz CT molecular complexity index is 1080. The van der Waals surface area contributed by atoms with Crippen molar-refractivity contribution in [3.8, 4) is 5.75 Å². The Hall–Kier alpha value is -2.93. The van der Waals surface area contributed by atoms with Gasteiger partial charge in [0.2, 0.25) is 5.91 Å². The number of likely N-dealkylation sites (N-methyl/N-ethyl adjacent to an activating group) is 1. The molecule has 1 N–H and O–H groups in total. The summed E-state index contributed by atoms with van der Waals surface area (Å²) in [7, 11) is 1.68. The summed E-state index contributed by atoms with van der Waals surface area (Å²) in [5.41, 5.74) is 2.46. The average molecular weight is 477 g/mol. The number of ether oxygens (including phenoxy) is 3. The van der Waals surface area contributed by atoms with E-state index in [0.717, 1.165) is 31.7 Å². The van der Waals surface area contributed by atoms with Gasteiger partial charge in [0.25, 0.3) is 0 Å². The number of rotatable bonds is 11. The van der Waals surface area contributed by atoms with Gasteiger partial charge in [0, 0.05) is 19.5 Å². The molecule has 4 rings (SSSR count). The Kier molecular flexibility index (Phi) is 9.12. The number of nitrogens with zero attached hydrogens (tertiary/aromatic N) is 1. The molecule has 0 bridgehead atoms. The van der Waals surface area contributed by atoms with Gasteiger partial charge in [0.1, 0.15) is 5.75 Å². The predicted octanol–water partition coefficient (Wildman–Crippen LogP) is 4.72. The van der Waals surface area contributed by atoms with Gasteiger partial charge in [-0.05, 0) is 60.3 Å². The van der Waals surface area contributed by atoms with E-state index in [0.29, 0.717) is 26.4 Å². The van der Waals surface area contributed by atoms with E-state index in [2.05, 4.69) is 52.7 Å². The van der Waals surface area contributed by atoms with Crippen LogP contribution in [0.15, 0.2) is 66.7 Å². The van der Waals surface area contributed by atoms with E-state index in [-0.39, 0.29) is 18.1 Å². The summed E-state index contributed by atoms with van der Waals surface area (Å²) in [5.74, 6) is 1.12. The highest BCUT2D eigenvalue weighted by Crippen LogP contribution is 2.31. The van der Waals surface area contributed by atoms with Crippen LogP contribution in [0.2, 0.25) is 0 Å². The summed E-state index contributed by atoms with van der Waals surface area (Å²) in [6, 6.07) is 22.9. The molecule has 6 heteroatoms. The van der Waals surface area contributed by atoms with Crippen molar-refractivity contribution in [2.24, 2.45) is 0 Å². The lowest BCUT2D eigenvalue weighted by Gasteiger charge is -2.31. The SMILES string of the molecule is CCOc1ccc2c(C3COC(CCCN(CC(=O)NC)Cc4ccccc4)OC3)cccc2c1. The molecule has 186 valence electrons. The van der Waals surface area contributed by atoms with Crippen molar-refractivity contribution in [1.82, 2.24) is 10.2 Å². The lowest BCUT2D eigenvalue weighted by atomic mass is 9.94. The van der Waals surface area contributed by atoms with Gasteiger partial charge in [0.05, 0.1) is 26.4 Å². The van der Waals surface area contributed by atoms with Crippen molar-refractivity contribution < 1.29 is 19.0 Å². The summed E-state index contributed by atoms with van der Waals surface area (Å²) in [6.45, 7) is 5.87. The van der Waals surface area contributed by atoms with Crippen LogP contribution < -0.4 is 10.1 Å². The first-order valence-electron chi connectivity index (χ1n) is 12.5. The highest BCUT2D eigenvalue weighted by molar-refractivity contribution is 5.87. The fourth-order valence-electron chi connectivity index (χ4n) is 4.61. The third-order valence-corrected chi connectivity index (χ3v) is 6.41. The van der Waals surface area contributed by atoms with Crippen molar-refractivity contribution in [2.45, 2.75) is 38.5 Å². The lowest BCUT2D eigenvalue weighted by molar-refractivity contribution is -0.190. The molecular weight excluding hydrogens is 440 g/mol. The third-order valence-electron chi connectivity index (χ3n) is 6.41. The molecule has 0 aliphatic carbocycles. The van der Waals surface area contributed by atoms with E-state index in [4.69, 9.17) is 14.2 Å². The Morgan fingerprint density at radius 3 is 2.60 bits per heavy atom. The van der Waals surface area contributed by atoms with Crippen molar-refractivity contribution >= 4 is 16.7 Å². The zero-order chi connectivity index (χ0) is 24.5. The van der Waals surface area contributed by atoms with Crippen LogP contribution in [0.5, 0.6) is 5.75 Å². The normalized spacial score (nSPS) is 18.0. The Morgan fingerprint density at radius 2 is 1.86 bits per heavy atom. The monoisotopic (exact) mass is 476 g/mol. The maximum atomic E-state index is 12.0. The van der Waals surface area contributed by atoms with E-state index >= 15 is 0 Å². The molecule has 1 fully saturated rings. The Labute approximate surface area is 208 Å². The fraction of sp³-hybridized carbons (Fsp3) is 0.414. The smallest absolute Gasteiger partial charge is 0.233 e. The number of fused-ring (bicyclic) bond motifs is 1. The number of amides is 1. The van der Waals surface area contributed by atoms with Crippen LogP contribution in [0.1, 0.15) is 36.8 Å². The molecular formula is C29H36N2O4. The number of benzene rings is 3. The quantitative estimate of drug-likeness (QED) is 0.434. The molecule has 0 unspecified atom stereocenters. The van der Waals surface area contributed by atoms with Crippen LogP contribution in [0, 0.1) is 0 Å². The fourth-order valence-corrected chi connectivity index (χ4v) is 4.61. The average Bonchev–Trinajstić information content (AvgIpc) is 2.89. The number of hydrogen-bond acceptors (Lipinski definition) is 5. The molecule has 1 amide bonds. The van der Waals surface area contributed by atoms with Crippen molar-refractivity contribution in [3.05, 3.63) is 77.9 Å². The van der Waals surface area contributed by atoms with E-state index in [1.165, 1.54) is 21.9 Å². The second-order valence-corrected chi connectivity index (χ2v) is 8.97. The van der Waals surface area contributed by atoms with E-state index in [1.807, 2.05) is 31.2 Å². The summed E-state index contributed by atoms with van der Waals surface area (Å²) >= 11 is 0. The molecule has 1 saturated heterocycles. The molecule has 0 aromatic heterocycles. The molecule has 35 heavy (non-hydrogen) atoms. The summed E-state index contributed by atoms with van der Waals surface area (Å²) in [5, 5.41) is 5.12. The van der Waals surface area contributed by atoms with Crippen molar-refractivity contribution in [3.63, 3.8) is 0 Å². The number of hydrogen-bond donors (Lipinski definition) is 1. The first-order valence-corrected chi connectivity index (χ1v) is 12.5. The maximum absolute atomic E-state index is 12.0. The van der Waals surface area contributed by atoms with Gasteiger partial charge in [-0.3, -0.25) is 9.69 Å². The van der Waals surface area contributed by atoms with Gasteiger partial charge in [-0.2, -0.15) is 0 Å². The molecule has 0 radical (unpaired) electrons. The Morgan fingerprint density at radius 1 is 1.06 bits per heavy atom. The van der Waals surface area contributed by atoms with Gasteiger partial charge in [-0.1, -0.05) is 54.6 Å². The number of carbonyl (C=O) groups is 1. The predicted molar refractivity (Wildman–Crippen MR) is 139 cm³/mol. The first kappa shape index (κ1) is 25.2. The zero-order valence-electron chi connectivity index (χ0n) is 20.7. The van der Waals surface area contributed by atoms with Crippen LogP contribution in [-0.2, 0) is 20.8 Å². The molecule has 0 saturated carbocycles. The van der Waals surface area contributed by atoms with Gasteiger partial charge in [-0.25, -0.2) is 0 Å². The van der Waals surface area contributed by atoms with Crippen molar-refractivity contribution in [2.75, 3.05) is 40.0 Å². The van der Waals surface area contributed by atoms with Crippen LogP contribution >= 0.6 is 0 Å². The maximum Gasteiger partial charge on any atom is 0.233 e. The molecule has 1 heterocycles. The van der Waals surface area contributed by atoms with E-state index < -0.39 is 0 Å². The minimum atomic E-state index is -0.204. The highest BCUT2D eigenvalue weighted by Gasteiger charge is 2.25. The standard InChI is InChI=1S/C29H36N2O4/c1-3-33-25-14-15-27-23(17-25)11-7-12-26(27)24-20-34-29(35-21-24)13-8-16-31(19-28(32)30-2)18-22-9-5-4-6-10-22/h4-7,9-12,14-15,17,24,29H,3,8,13,16,18-21H2,1-2H3,(H,30,32). The molecule has 0 atom stereocenters. The van der Waals surface area contributed by atoms with E-state index in [1.54, 1.807) is 7.05 Å². The number of nitrogens with one attached hydrogen (secondary N) is 1. The molecule has 0 spiro atoms. The summed E-state index contributed by atoms with van der Waals surface area (Å²) in [6.07, 6.45) is 1.50. The zero-order valence-corrected chi connectivity index (χ0v) is 20.7. The Balaban J connectivity index is 1.29. The largest absolute Gasteiger partial charge is 0.494 e. The molecule has 6 nitrogen and oxygen atoms in total. The minimum Gasteiger partial charge on any atom is -0.494 e.